The van der Waals surface area contributed by atoms with Crippen molar-refractivity contribution in [2.75, 3.05) is 0 Å². The smallest absolute Gasteiger partial charge is 0.343 e. The summed E-state index contributed by atoms with van der Waals surface area (Å²) in [6.07, 6.45) is 1.13. The van der Waals surface area contributed by atoms with Gasteiger partial charge in [-0.05, 0) is 106 Å². The molecule has 3 aromatic carbocycles. The number of hydrogen-bond acceptors (Lipinski definition) is 4. The summed E-state index contributed by atoms with van der Waals surface area (Å²) in [5.41, 5.74) is 7.19. The van der Waals surface area contributed by atoms with Gasteiger partial charge in [0.2, 0.25) is 0 Å². The monoisotopic (exact) mass is 514 g/mol. The number of aryl methyl sites for hydroxylation is 4. The molecule has 3 rings (SSSR count). The molecule has 0 heterocycles. The molecular formula is C34H42O4. The van der Waals surface area contributed by atoms with Gasteiger partial charge in [-0.15, -0.1) is 0 Å². The first-order valence-corrected chi connectivity index (χ1v) is 13.3. The van der Waals surface area contributed by atoms with E-state index in [2.05, 4.69) is 58.9 Å². The first kappa shape index (κ1) is 29.2. The minimum atomic E-state index is -0.404. The van der Waals surface area contributed by atoms with E-state index in [0.29, 0.717) is 17.7 Å². The van der Waals surface area contributed by atoms with Crippen molar-refractivity contribution >= 4 is 11.8 Å². The Kier molecular flexibility index (Phi) is 8.55. The molecule has 4 nitrogen and oxygen atoms in total. The average molecular weight is 515 g/mol. The maximum atomic E-state index is 12.9. The summed E-state index contributed by atoms with van der Waals surface area (Å²) in [6, 6.07) is 15.6. The third-order valence-corrected chi connectivity index (χ3v) is 6.44. The van der Waals surface area contributed by atoms with Crippen LogP contribution in [0.2, 0.25) is 0 Å². The third-order valence-electron chi connectivity index (χ3n) is 6.44. The van der Waals surface area contributed by atoms with E-state index in [1.165, 1.54) is 5.56 Å². The Labute approximate surface area is 228 Å². The lowest BCUT2D eigenvalue weighted by Crippen LogP contribution is -2.24. The maximum Gasteiger partial charge on any atom is 0.343 e. The molecule has 0 bridgehead atoms. The molecule has 0 radical (unpaired) electrons. The highest BCUT2D eigenvalue weighted by molar-refractivity contribution is 5.92. The van der Waals surface area contributed by atoms with Gasteiger partial charge >= 0.3 is 5.97 Å². The van der Waals surface area contributed by atoms with Gasteiger partial charge in [0.1, 0.15) is 22.9 Å². The molecule has 0 aromatic heterocycles. The molecule has 0 saturated heterocycles. The molecule has 0 spiro atoms. The highest BCUT2D eigenvalue weighted by Crippen LogP contribution is 2.31. The molecule has 202 valence electrons. The van der Waals surface area contributed by atoms with Crippen LogP contribution in [0.5, 0.6) is 11.5 Å². The van der Waals surface area contributed by atoms with Crippen molar-refractivity contribution in [1.82, 2.24) is 0 Å². The number of benzene rings is 3. The quantitative estimate of drug-likeness (QED) is 0.236. The summed E-state index contributed by atoms with van der Waals surface area (Å²) in [4.78, 5) is 25.2. The average Bonchev–Trinajstić information content (AvgIpc) is 2.78. The number of rotatable bonds is 7. The number of ketones is 1. The van der Waals surface area contributed by atoms with Gasteiger partial charge in [0.05, 0.1) is 5.56 Å². The van der Waals surface area contributed by atoms with Crippen molar-refractivity contribution < 1.29 is 19.1 Å². The number of esters is 1. The topological polar surface area (TPSA) is 52.6 Å². The summed E-state index contributed by atoms with van der Waals surface area (Å²) in [5, 5.41) is 0. The van der Waals surface area contributed by atoms with E-state index in [0.717, 1.165) is 45.6 Å². The lowest BCUT2D eigenvalue weighted by molar-refractivity contribution is -0.125. The zero-order chi connectivity index (χ0) is 28.4. The fourth-order valence-electron chi connectivity index (χ4n) is 4.51. The van der Waals surface area contributed by atoms with Crippen molar-refractivity contribution in [2.45, 2.75) is 87.7 Å². The third kappa shape index (κ3) is 7.56. The van der Waals surface area contributed by atoms with Crippen molar-refractivity contribution in [1.29, 1.82) is 0 Å². The van der Waals surface area contributed by atoms with Crippen molar-refractivity contribution in [3.63, 3.8) is 0 Å². The van der Waals surface area contributed by atoms with Gasteiger partial charge in [0, 0.05) is 11.8 Å². The Hall–Kier alpha value is -3.40. The lowest BCUT2D eigenvalue weighted by Gasteiger charge is -2.24. The molecule has 0 amide bonds. The van der Waals surface area contributed by atoms with E-state index in [1.807, 2.05) is 46.8 Å². The number of Topliss-reactive ketones (excluding diaryl/α,β-unsaturated/α-hetero) is 1. The number of carbonyl (C=O) groups excluding carboxylic acids is 2. The fraction of sp³-hybridized carbons (Fsp3) is 0.412. The van der Waals surface area contributed by atoms with Gasteiger partial charge < -0.3 is 9.47 Å². The molecule has 0 unspecified atom stereocenters. The second kappa shape index (κ2) is 11.1. The van der Waals surface area contributed by atoms with Crippen LogP contribution < -0.4 is 9.47 Å². The molecule has 0 aliphatic carbocycles. The van der Waals surface area contributed by atoms with Crippen molar-refractivity contribution in [3.8, 4) is 11.5 Å². The first-order chi connectivity index (χ1) is 17.5. The predicted octanol–water partition coefficient (Wildman–Crippen LogP) is 8.07. The highest BCUT2D eigenvalue weighted by atomic mass is 16.5. The SMILES string of the molecule is Cc1cc(Cc2cc(C)c(OC(C)(C)C)c(C)c2)cc(C)c1OC(=O)c1ccc(CC(=O)C(C)(C)C)cc1. The van der Waals surface area contributed by atoms with Crippen LogP contribution in [0.15, 0.2) is 48.5 Å². The van der Waals surface area contributed by atoms with Gasteiger partial charge in [-0.25, -0.2) is 4.79 Å². The Morgan fingerprint density at radius 2 is 1.11 bits per heavy atom. The minimum absolute atomic E-state index is 0.165. The standard InChI is InChI=1S/C34H42O4/c1-21-15-26(19-27-17-23(3)31(24(4)18-27)38-34(8,9)10)16-22(2)30(21)37-32(36)28-13-11-25(12-14-28)20-29(35)33(5,6)7/h11-18H,19-20H2,1-10H3. The summed E-state index contributed by atoms with van der Waals surface area (Å²) in [7, 11) is 0. The summed E-state index contributed by atoms with van der Waals surface area (Å²) in [6.45, 7) is 20.0. The Bertz CT molecular complexity index is 1290. The van der Waals surface area contributed by atoms with Gasteiger partial charge in [-0.2, -0.15) is 0 Å². The van der Waals surface area contributed by atoms with E-state index >= 15 is 0 Å². The molecular weight excluding hydrogens is 472 g/mol. The van der Waals surface area contributed by atoms with Crippen LogP contribution in [0.25, 0.3) is 0 Å². The summed E-state index contributed by atoms with van der Waals surface area (Å²) in [5.74, 6) is 1.30. The van der Waals surface area contributed by atoms with Crippen LogP contribution in [0.1, 0.15) is 90.8 Å². The first-order valence-electron chi connectivity index (χ1n) is 13.3. The molecule has 0 saturated carbocycles. The lowest BCUT2D eigenvalue weighted by atomic mass is 9.87. The van der Waals surface area contributed by atoms with E-state index in [4.69, 9.17) is 9.47 Å². The van der Waals surface area contributed by atoms with Gasteiger partial charge in [-0.3, -0.25) is 4.79 Å². The van der Waals surface area contributed by atoms with E-state index < -0.39 is 5.97 Å². The normalized spacial score (nSPS) is 11.8. The Balaban J connectivity index is 1.73. The number of carbonyl (C=O) groups is 2. The molecule has 3 aromatic rings. The molecule has 0 atom stereocenters. The Morgan fingerprint density at radius 3 is 1.53 bits per heavy atom. The molecule has 4 heteroatoms. The summed E-state index contributed by atoms with van der Waals surface area (Å²) < 4.78 is 12.0. The molecule has 0 aliphatic heterocycles. The van der Waals surface area contributed by atoms with E-state index in [-0.39, 0.29) is 16.8 Å². The molecule has 0 fully saturated rings. The van der Waals surface area contributed by atoms with Crippen LogP contribution in [0.4, 0.5) is 0 Å². The van der Waals surface area contributed by atoms with Crippen LogP contribution in [0.3, 0.4) is 0 Å². The van der Waals surface area contributed by atoms with Gasteiger partial charge in [0.25, 0.3) is 0 Å². The van der Waals surface area contributed by atoms with E-state index in [9.17, 15) is 9.59 Å². The molecule has 0 aliphatic rings. The maximum absolute atomic E-state index is 12.9. The summed E-state index contributed by atoms with van der Waals surface area (Å²) >= 11 is 0. The predicted molar refractivity (Wildman–Crippen MR) is 155 cm³/mol. The second-order valence-corrected chi connectivity index (χ2v) is 12.4. The zero-order valence-electron chi connectivity index (χ0n) is 24.7. The highest BCUT2D eigenvalue weighted by Gasteiger charge is 2.21. The van der Waals surface area contributed by atoms with Crippen LogP contribution in [-0.4, -0.2) is 17.4 Å². The number of hydrogen-bond donors (Lipinski definition) is 0. The number of ether oxygens (including phenoxy) is 2. The molecule has 38 heavy (non-hydrogen) atoms. The van der Waals surface area contributed by atoms with Gasteiger partial charge in [-0.1, -0.05) is 57.2 Å². The fourth-order valence-corrected chi connectivity index (χ4v) is 4.51. The van der Waals surface area contributed by atoms with Crippen molar-refractivity contribution in [3.05, 3.63) is 93.0 Å². The van der Waals surface area contributed by atoms with Crippen molar-refractivity contribution in [2.24, 2.45) is 5.41 Å². The van der Waals surface area contributed by atoms with Crippen LogP contribution >= 0.6 is 0 Å². The Morgan fingerprint density at radius 1 is 0.658 bits per heavy atom. The zero-order valence-corrected chi connectivity index (χ0v) is 24.7. The second-order valence-electron chi connectivity index (χ2n) is 12.4. The van der Waals surface area contributed by atoms with Crippen LogP contribution in [0, 0.1) is 33.1 Å². The van der Waals surface area contributed by atoms with E-state index in [1.54, 1.807) is 12.1 Å². The minimum Gasteiger partial charge on any atom is -0.488 e. The van der Waals surface area contributed by atoms with Crippen LogP contribution in [-0.2, 0) is 17.6 Å². The molecule has 0 N–H and O–H groups in total. The largest absolute Gasteiger partial charge is 0.488 e. The van der Waals surface area contributed by atoms with Gasteiger partial charge in [0.15, 0.2) is 0 Å².